The summed E-state index contributed by atoms with van der Waals surface area (Å²) in [7, 11) is 0. The predicted octanol–water partition coefficient (Wildman–Crippen LogP) is 4.31. The topological polar surface area (TPSA) is 88.9 Å². The maximum absolute atomic E-state index is 12.3. The number of hydrogen-bond donors (Lipinski definition) is 2. The molecule has 0 atom stereocenters. The van der Waals surface area contributed by atoms with Crippen molar-refractivity contribution >= 4 is 52.5 Å². The van der Waals surface area contributed by atoms with Gasteiger partial charge in [-0.3, -0.25) is 9.59 Å². The Bertz CT molecular complexity index is 1060. The van der Waals surface area contributed by atoms with Crippen LogP contribution >= 0.6 is 35.0 Å². The van der Waals surface area contributed by atoms with Crippen molar-refractivity contribution < 1.29 is 9.59 Å². The number of anilines is 1. The summed E-state index contributed by atoms with van der Waals surface area (Å²) in [5.41, 5.74) is 1.19. The Balaban J connectivity index is 1.51. The molecule has 0 fully saturated rings. The van der Waals surface area contributed by atoms with Gasteiger partial charge in [0.2, 0.25) is 5.91 Å². The van der Waals surface area contributed by atoms with Gasteiger partial charge in [0.1, 0.15) is 5.82 Å². The van der Waals surface area contributed by atoms with Gasteiger partial charge in [0.25, 0.3) is 5.91 Å². The molecular weight excluding hydrogens is 457 g/mol. The molecule has 0 aliphatic heterocycles. The van der Waals surface area contributed by atoms with Crippen LogP contribution in [0.1, 0.15) is 23.1 Å². The molecule has 3 rings (SSSR count). The van der Waals surface area contributed by atoms with E-state index < -0.39 is 0 Å². The number of carbonyl (C=O) groups excluding carboxylic acids is 2. The lowest BCUT2D eigenvalue weighted by atomic mass is 10.2. The first-order valence-corrected chi connectivity index (χ1v) is 11.3. The maximum atomic E-state index is 12.3. The minimum atomic E-state index is -0.242. The molecule has 0 aliphatic rings. The van der Waals surface area contributed by atoms with Crippen LogP contribution in [0.2, 0.25) is 10.0 Å². The molecule has 2 amide bonds. The zero-order valence-electron chi connectivity index (χ0n) is 16.8. The van der Waals surface area contributed by atoms with Gasteiger partial charge in [0.15, 0.2) is 5.16 Å². The lowest BCUT2D eigenvalue weighted by Crippen LogP contribution is -2.26. The average molecular weight is 478 g/mol. The number of thioether (sulfide) groups is 1. The summed E-state index contributed by atoms with van der Waals surface area (Å²) in [5, 5.41) is 15.5. The van der Waals surface area contributed by atoms with Crippen LogP contribution in [0.5, 0.6) is 0 Å². The molecule has 0 spiro atoms. The Morgan fingerprint density at radius 1 is 1.06 bits per heavy atom. The molecule has 2 aromatic carbocycles. The second-order valence-electron chi connectivity index (χ2n) is 6.48. The molecule has 2 N–H and O–H groups in total. The summed E-state index contributed by atoms with van der Waals surface area (Å²) in [6, 6.07) is 14.0. The van der Waals surface area contributed by atoms with Crippen LogP contribution in [0.25, 0.3) is 0 Å². The number of aromatic nitrogens is 3. The number of carbonyl (C=O) groups is 2. The molecule has 162 valence electrons. The summed E-state index contributed by atoms with van der Waals surface area (Å²) < 4.78 is 1.94. The molecule has 3 aromatic rings. The molecule has 7 nitrogen and oxygen atoms in total. The van der Waals surface area contributed by atoms with Gasteiger partial charge in [0.05, 0.1) is 15.8 Å². The number of halogens is 2. The van der Waals surface area contributed by atoms with Crippen LogP contribution in [0.3, 0.4) is 0 Å². The molecule has 0 saturated heterocycles. The number of nitrogens with zero attached hydrogens (tertiary/aromatic N) is 3. The van der Waals surface area contributed by atoms with Gasteiger partial charge >= 0.3 is 0 Å². The molecule has 0 radical (unpaired) electrons. The SMILES string of the molecule is CCn1c(CCNC(=O)c2ccc(Cl)c(Cl)c2)nnc1SCC(=O)Nc1ccccc1. The van der Waals surface area contributed by atoms with E-state index in [-0.39, 0.29) is 17.6 Å². The van der Waals surface area contributed by atoms with E-state index in [1.807, 2.05) is 41.8 Å². The molecule has 0 unspecified atom stereocenters. The van der Waals surface area contributed by atoms with Gasteiger partial charge < -0.3 is 15.2 Å². The lowest BCUT2D eigenvalue weighted by Gasteiger charge is -2.09. The van der Waals surface area contributed by atoms with Crippen molar-refractivity contribution in [2.24, 2.45) is 0 Å². The van der Waals surface area contributed by atoms with Gasteiger partial charge in [-0.2, -0.15) is 0 Å². The van der Waals surface area contributed by atoms with E-state index in [0.717, 1.165) is 11.5 Å². The largest absolute Gasteiger partial charge is 0.352 e. The average Bonchev–Trinajstić information content (AvgIpc) is 3.16. The van der Waals surface area contributed by atoms with Crippen molar-refractivity contribution in [3.05, 3.63) is 70.0 Å². The Hall–Kier alpha value is -2.55. The first-order valence-electron chi connectivity index (χ1n) is 9.61. The minimum absolute atomic E-state index is 0.114. The van der Waals surface area contributed by atoms with E-state index in [1.54, 1.807) is 12.1 Å². The zero-order chi connectivity index (χ0) is 22.2. The second kappa shape index (κ2) is 11.2. The standard InChI is InChI=1S/C21H21Cl2N5O2S/c1-2-28-18(10-11-24-20(30)14-8-9-16(22)17(23)12-14)26-27-21(28)31-13-19(29)25-15-6-4-3-5-7-15/h3-9,12H,2,10-11,13H2,1H3,(H,24,30)(H,25,29). The molecule has 1 heterocycles. The molecule has 1 aromatic heterocycles. The molecule has 31 heavy (non-hydrogen) atoms. The van der Waals surface area contributed by atoms with Gasteiger partial charge in [-0.15, -0.1) is 10.2 Å². The molecule has 0 aliphatic carbocycles. The van der Waals surface area contributed by atoms with Crippen LogP contribution in [0, 0.1) is 0 Å². The normalized spacial score (nSPS) is 10.7. The molecular formula is C21H21Cl2N5O2S. The molecule has 0 bridgehead atoms. The highest BCUT2D eigenvalue weighted by molar-refractivity contribution is 7.99. The highest BCUT2D eigenvalue weighted by atomic mass is 35.5. The fourth-order valence-corrected chi connectivity index (χ4v) is 3.92. The number of para-hydroxylation sites is 1. The van der Waals surface area contributed by atoms with E-state index in [1.165, 1.54) is 17.8 Å². The van der Waals surface area contributed by atoms with Crippen LogP contribution < -0.4 is 10.6 Å². The number of hydrogen-bond acceptors (Lipinski definition) is 5. The van der Waals surface area contributed by atoms with Crippen molar-refractivity contribution in [1.29, 1.82) is 0 Å². The van der Waals surface area contributed by atoms with E-state index in [2.05, 4.69) is 20.8 Å². The third-order valence-electron chi connectivity index (χ3n) is 4.32. The van der Waals surface area contributed by atoms with Gasteiger partial charge in [-0.25, -0.2) is 0 Å². The fraction of sp³-hybridized carbons (Fsp3) is 0.238. The highest BCUT2D eigenvalue weighted by Crippen LogP contribution is 2.22. The Labute approximate surface area is 194 Å². The summed E-state index contributed by atoms with van der Waals surface area (Å²) in [5.74, 6) is 0.606. The Morgan fingerprint density at radius 2 is 1.84 bits per heavy atom. The van der Waals surface area contributed by atoms with Crippen molar-refractivity contribution in [2.45, 2.75) is 25.0 Å². The first-order chi connectivity index (χ1) is 15.0. The Morgan fingerprint density at radius 3 is 2.55 bits per heavy atom. The van der Waals surface area contributed by atoms with E-state index in [4.69, 9.17) is 23.2 Å². The van der Waals surface area contributed by atoms with Crippen LogP contribution in [-0.2, 0) is 17.8 Å². The summed E-state index contributed by atoms with van der Waals surface area (Å²) in [6.45, 7) is 3.03. The lowest BCUT2D eigenvalue weighted by molar-refractivity contribution is -0.113. The fourth-order valence-electron chi connectivity index (χ4n) is 2.80. The number of benzene rings is 2. The van der Waals surface area contributed by atoms with E-state index in [0.29, 0.717) is 40.3 Å². The monoisotopic (exact) mass is 477 g/mol. The van der Waals surface area contributed by atoms with Gasteiger partial charge in [-0.1, -0.05) is 53.2 Å². The number of nitrogens with one attached hydrogen (secondary N) is 2. The van der Waals surface area contributed by atoms with Gasteiger partial charge in [-0.05, 0) is 37.3 Å². The maximum Gasteiger partial charge on any atom is 0.251 e. The summed E-state index contributed by atoms with van der Waals surface area (Å²) in [6.07, 6.45) is 0.505. The van der Waals surface area contributed by atoms with Crippen molar-refractivity contribution in [3.8, 4) is 0 Å². The summed E-state index contributed by atoms with van der Waals surface area (Å²) >= 11 is 13.2. The smallest absolute Gasteiger partial charge is 0.251 e. The van der Waals surface area contributed by atoms with Crippen molar-refractivity contribution in [3.63, 3.8) is 0 Å². The van der Waals surface area contributed by atoms with Crippen molar-refractivity contribution in [1.82, 2.24) is 20.1 Å². The van der Waals surface area contributed by atoms with Gasteiger partial charge in [0, 0.05) is 30.8 Å². The third kappa shape index (κ3) is 6.46. The van der Waals surface area contributed by atoms with Crippen LogP contribution in [0.4, 0.5) is 5.69 Å². The quantitative estimate of drug-likeness (QED) is 0.448. The number of amides is 2. The second-order valence-corrected chi connectivity index (χ2v) is 8.24. The predicted molar refractivity (Wildman–Crippen MR) is 124 cm³/mol. The van der Waals surface area contributed by atoms with Crippen LogP contribution in [-0.4, -0.2) is 38.9 Å². The summed E-state index contributed by atoms with van der Waals surface area (Å²) in [4.78, 5) is 24.4. The third-order valence-corrected chi connectivity index (χ3v) is 6.02. The Kier molecular flexibility index (Phi) is 8.34. The first kappa shape index (κ1) is 23.1. The zero-order valence-corrected chi connectivity index (χ0v) is 19.1. The highest BCUT2D eigenvalue weighted by Gasteiger charge is 2.14. The van der Waals surface area contributed by atoms with E-state index in [9.17, 15) is 9.59 Å². The minimum Gasteiger partial charge on any atom is -0.352 e. The van der Waals surface area contributed by atoms with Crippen LogP contribution in [0.15, 0.2) is 53.7 Å². The van der Waals surface area contributed by atoms with Crippen molar-refractivity contribution in [2.75, 3.05) is 17.6 Å². The van der Waals surface area contributed by atoms with E-state index >= 15 is 0 Å². The number of rotatable bonds is 9. The molecule has 0 saturated carbocycles. The molecule has 10 heteroatoms.